The molecule has 2 amide bonds. The molecule has 0 radical (unpaired) electrons. The quantitative estimate of drug-likeness (QED) is 0.720. The van der Waals surface area contributed by atoms with E-state index >= 15 is 0 Å². The first-order valence-corrected chi connectivity index (χ1v) is 9.34. The number of likely N-dealkylation sites (tertiary alicyclic amines) is 2. The number of ether oxygens (including phenoxy) is 2. The highest BCUT2D eigenvalue weighted by molar-refractivity contribution is 5.94. The van der Waals surface area contributed by atoms with Crippen LogP contribution in [0, 0.1) is 17.2 Å². The Morgan fingerprint density at radius 1 is 1.21 bits per heavy atom. The van der Waals surface area contributed by atoms with Crippen molar-refractivity contribution < 1.29 is 23.5 Å². The van der Waals surface area contributed by atoms with E-state index in [0.717, 1.165) is 6.54 Å². The van der Waals surface area contributed by atoms with E-state index in [1.807, 2.05) is 19.0 Å². The van der Waals surface area contributed by atoms with Gasteiger partial charge in [0, 0.05) is 56.7 Å². The lowest BCUT2D eigenvalue weighted by atomic mass is 9.80. The average Bonchev–Trinajstić information content (AvgIpc) is 3.14. The Balaban J connectivity index is 1.78. The number of benzene rings is 1. The van der Waals surface area contributed by atoms with Gasteiger partial charge in [0.15, 0.2) is 11.6 Å². The highest BCUT2D eigenvalue weighted by Crippen LogP contribution is 2.43. The molecule has 28 heavy (non-hydrogen) atoms. The van der Waals surface area contributed by atoms with Crippen molar-refractivity contribution in [3.8, 4) is 5.75 Å². The maximum Gasteiger partial charge on any atom is 0.253 e. The number of methoxy groups -OCH3 is 2. The van der Waals surface area contributed by atoms with Crippen LogP contribution >= 0.6 is 0 Å². The minimum absolute atomic E-state index is 0.0230. The van der Waals surface area contributed by atoms with Crippen molar-refractivity contribution in [3.05, 3.63) is 29.6 Å². The highest BCUT2D eigenvalue weighted by atomic mass is 19.1. The maximum atomic E-state index is 14.0. The van der Waals surface area contributed by atoms with Gasteiger partial charge in [-0.3, -0.25) is 9.59 Å². The summed E-state index contributed by atoms with van der Waals surface area (Å²) in [5.41, 5.74) is 0.124. The van der Waals surface area contributed by atoms with Crippen molar-refractivity contribution in [2.45, 2.75) is 0 Å². The van der Waals surface area contributed by atoms with Crippen LogP contribution in [-0.2, 0) is 9.53 Å². The summed E-state index contributed by atoms with van der Waals surface area (Å²) in [5.74, 6) is -0.463. The maximum absolute atomic E-state index is 14.0. The molecule has 2 fully saturated rings. The molecule has 2 atom stereocenters. The van der Waals surface area contributed by atoms with E-state index < -0.39 is 5.82 Å². The number of nitrogens with zero attached hydrogens (tertiary/aromatic N) is 3. The van der Waals surface area contributed by atoms with Gasteiger partial charge in [0.2, 0.25) is 5.91 Å². The zero-order chi connectivity index (χ0) is 20.5. The van der Waals surface area contributed by atoms with E-state index in [0.29, 0.717) is 31.7 Å². The fraction of sp³-hybridized carbons (Fsp3) is 0.600. The Morgan fingerprint density at radius 2 is 1.89 bits per heavy atom. The summed E-state index contributed by atoms with van der Waals surface area (Å²) in [6, 6.07) is 4.29. The molecule has 8 heteroatoms. The van der Waals surface area contributed by atoms with Crippen LogP contribution in [0.25, 0.3) is 0 Å². The molecule has 1 aromatic rings. The second kappa shape index (κ2) is 8.05. The number of carbonyl (C=O) groups is 2. The second-order valence-electron chi connectivity index (χ2n) is 8.04. The van der Waals surface area contributed by atoms with Crippen molar-refractivity contribution in [2.24, 2.45) is 11.3 Å². The Hall–Kier alpha value is -2.19. The fourth-order valence-corrected chi connectivity index (χ4v) is 4.57. The van der Waals surface area contributed by atoms with E-state index in [1.165, 1.54) is 26.4 Å². The molecular formula is C20H28FN3O4. The van der Waals surface area contributed by atoms with Crippen LogP contribution in [0.15, 0.2) is 18.2 Å². The lowest BCUT2D eigenvalue weighted by molar-refractivity contribution is -0.134. The molecule has 2 saturated heterocycles. The molecule has 2 heterocycles. The monoisotopic (exact) mass is 393 g/mol. The fourth-order valence-electron chi connectivity index (χ4n) is 4.57. The summed E-state index contributed by atoms with van der Waals surface area (Å²) in [5, 5.41) is 0. The Morgan fingerprint density at radius 3 is 2.50 bits per heavy atom. The van der Waals surface area contributed by atoms with Crippen molar-refractivity contribution in [1.29, 1.82) is 0 Å². The van der Waals surface area contributed by atoms with Crippen LogP contribution in [0.5, 0.6) is 5.75 Å². The molecule has 0 saturated carbocycles. The normalized spacial score (nSPS) is 24.0. The second-order valence-corrected chi connectivity index (χ2v) is 8.04. The third-order valence-electron chi connectivity index (χ3n) is 5.70. The summed E-state index contributed by atoms with van der Waals surface area (Å²) < 4.78 is 23.9. The van der Waals surface area contributed by atoms with Gasteiger partial charge < -0.3 is 24.2 Å². The topological polar surface area (TPSA) is 62.3 Å². The van der Waals surface area contributed by atoms with Crippen molar-refractivity contribution >= 4 is 11.8 Å². The van der Waals surface area contributed by atoms with Gasteiger partial charge in [0.05, 0.1) is 7.11 Å². The summed E-state index contributed by atoms with van der Waals surface area (Å²) >= 11 is 0. The summed E-state index contributed by atoms with van der Waals surface area (Å²) in [4.78, 5) is 31.0. The van der Waals surface area contributed by atoms with Gasteiger partial charge in [-0.2, -0.15) is 0 Å². The Bertz CT molecular complexity index is 757. The van der Waals surface area contributed by atoms with Gasteiger partial charge in [0.1, 0.15) is 6.61 Å². The molecular weight excluding hydrogens is 365 g/mol. The van der Waals surface area contributed by atoms with Crippen LogP contribution in [0.1, 0.15) is 10.4 Å². The van der Waals surface area contributed by atoms with E-state index in [9.17, 15) is 14.0 Å². The zero-order valence-corrected chi connectivity index (χ0v) is 16.9. The standard InChI is InChI=1S/C20H28FN3O4/c1-22(2)11-20-12-23(18(25)10-27-3)8-15(20)9-24(13-20)19(26)14-5-6-17(28-4)16(21)7-14/h5-7,15H,8-13H2,1-4H3/t15-,20+/m1/s1. The lowest BCUT2D eigenvalue weighted by Crippen LogP contribution is -2.44. The summed E-state index contributed by atoms with van der Waals surface area (Å²) in [6.07, 6.45) is 0. The molecule has 0 bridgehead atoms. The number of fused-ring (bicyclic) bond motifs is 1. The summed E-state index contributed by atoms with van der Waals surface area (Å²) in [6.45, 7) is 3.14. The molecule has 3 rings (SSSR count). The Labute approximate surface area is 165 Å². The van der Waals surface area contributed by atoms with E-state index in [4.69, 9.17) is 9.47 Å². The third kappa shape index (κ3) is 3.84. The molecule has 0 aromatic heterocycles. The molecule has 1 aromatic carbocycles. The van der Waals surface area contributed by atoms with E-state index in [2.05, 4.69) is 4.90 Å². The number of rotatable bonds is 6. The molecule has 2 aliphatic heterocycles. The predicted molar refractivity (Wildman–Crippen MR) is 102 cm³/mol. The summed E-state index contributed by atoms with van der Waals surface area (Å²) in [7, 11) is 6.89. The van der Waals surface area contributed by atoms with Gasteiger partial charge in [-0.15, -0.1) is 0 Å². The minimum atomic E-state index is -0.549. The van der Waals surface area contributed by atoms with Gasteiger partial charge in [-0.1, -0.05) is 0 Å². The van der Waals surface area contributed by atoms with Crippen LogP contribution < -0.4 is 4.74 Å². The highest BCUT2D eigenvalue weighted by Gasteiger charge is 2.54. The molecule has 0 unspecified atom stereocenters. The van der Waals surface area contributed by atoms with E-state index in [1.54, 1.807) is 11.0 Å². The first kappa shape index (κ1) is 20.5. The van der Waals surface area contributed by atoms with Gasteiger partial charge in [-0.25, -0.2) is 4.39 Å². The number of hydrogen-bond donors (Lipinski definition) is 0. The average molecular weight is 393 g/mol. The lowest BCUT2D eigenvalue weighted by Gasteiger charge is -2.32. The molecule has 154 valence electrons. The molecule has 7 nitrogen and oxygen atoms in total. The molecule has 2 aliphatic rings. The third-order valence-corrected chi connectivity index (χ3v) is 5.70. The van der Waals surface area contributed by atoms with Crippen molar-refractivity contribution in [3.63, 3.8) is 0 Å². The van der Waals surface area contributed by atoms with Gasteiger partial charge in [-0.05, 0) is 32.3 Å². The largest absolute Gasteiger partial charge is 0.494 e. The first-order valence-electron chi connectivity index (χ1n) is 9.34. The first-order chi connectivity index (χ1) is 13.3. The van der Waals surface area contributed by atoms with Crippen LogP contribution in [0.3, 0.4) is 0 Å². The predicted octanol–water partition coefficient (Wildman–Crippen LogP) is 0.943. The minimum Gasteiger partial charge on any atom is -0.494 e. The Kier molecular flexibility index (Phi) is 5.90. The van der Waals surface area contributed by atoms with Crippen LogP contribution in [-0.4, -0.2) is 94.2 Å². The van der Waals surface area contributed by atoms with Crippen LogP contribution in [0.4, 0.5) is 4.39 Å². The molecule has 0 N–H and O–H groups in total. The number of halogens is 1. The van der Waals surface area contributed by atoms with Crippen molar-refractivity contribution in [1.82, 2.24) is 14.7 Å². The number of carbonyl (C=O) groups excluding carboxylic acids is 2. The number of amides is 2. The smallest absolute Gasteiger partial charge is 0.253 e. The van der Waals surface area contributed by atoms with Crippen molar-refractivity contribution in [2.75, 3.05) is 67.6 Å². The van der Waals surface area contributed by atoms with Gasteiger partial charge in [0.25, 0.3) is 5.91 Å². The number of hydrogen-bond acceptors (Lipinski definition) is 5. The molecule has 0 spiro atoms. The van der Waals surface area contributed by atoms with Gasteiger partial charge >= 0.3 is 0 Å². The molecule has 0 aliphatic carbocycles. The van der Waals surface area contributed by atoms with E-state index in [-0.39, 0.29) is 35.5 Å². The SMILES string of the molecule is COCC(=O)N1C[C@@H]2CN(C(=O)c3ccc(OC)c(F)c3)C[C@]2(CN(C)C)C1. The zero-order valence-electron chi connectivity index (χ0n) is 16.9. The van der Waals surface area contributed by atoms with Crippen LogP contribution in [0.2, 0.25) is 0 Å².